The Balaban J connectivity index is 0.000000640. The summed E-state index contributed by atoms with van der Waals surface area (Å²) in [4.78, 5) is 0. The molecule has 0 aromatic rings. The monoisotopic (exact) mass is 209 g/mol. The van der Waals surface area contributed by atoms with Crippen molar-refractivity contribution in [1.29, 1.82) is 0 Å². The van der Waals surface area contributed by atoms with Gasteiger partial charge < -0.3 is 0 Å². The van der Waals surface area contributed by atoms with Crippen LogP contribution in [-0.4, -0.2) is 0 Å². The van der Waals surface area contributed by atoms with Gasteiger partial charge >= 0.3 is 19.5 Å². The van der Waals surface area contributed by atoms with Crippen molar-refractivity contribution < 1.29 is 19.5 Å². The summed E-state index contributed by atoms with van der Waals surface area (Å²) in [5.74, 6) is 0. The molecule has 51 valence electrons. The molecule has 0 atom stereocenters. The second-order valence-corrected chi connectivity index (χ2v) is 2.49. The van der Waals surface area contributed by atoms with Gasteiger partial charge in [0.25, 0.3) is 0 Å². The summed E-state index contributed by atoms with van der Waals surface area (Å²) in [7, 11) is 0. The molecular formula is C8H11Ru. The van der Waals surface area contributed by atoms with Crippen LogP contribution in [0.4, 0.5) is 0 Å². The van der Waals surface area contributed by atoms with Crippen LogP contribution < -0.4 is 0 Å². The Hall–Kier alpha value is 0.103. The van der Waals surface area contributed by atoms with Gasteiger partial charge in [-0.05, 0) is 0 Å². The summed E-state index contributed by atoms with van der Waals surface area (Å²) in [5.41, 5.74) is 4.19. The SMILES string of the molecule is CC1=[C-]C(C)=C(C)C1.[Ru+]. The number of hydrogen-bond acceptors (Lipinski definition) is 0. The third-order valence-electron chi connectivity index (χ3n) is 1.57. The van der Waals surface area contributed by atoms with Crippen LogP contribution in [0.5, 0.6) is 0 Å². The van der Waals surface area contributed by atoms with E-state index < -0.39 is 0 Å². The van der Waals surface area contributed by atoms with Crippen molar-refractivity contribution >= 4 is 0 Å². The van der Waals surface area contributed by atoms with E-state index in [0.717, 1.165) is 6.42 Å². The number of rotatable bonds is 0. The normalized spacial score (nSPS) is 17.4. The Kier molecular flexibility index (Phi) is 3.35. The van der Waals surface area contributed by atoms with Crippen molar-refractivity contribution in [1.82, 2.24) is 0 Å². The summed E-state index contributed by atoms with van der Waals surface area (Å²) in [6, 6.07) is 0. The number of hydrogen-bond donors (Lipinski definition) is 0. The molecule has 9 heavy (non-hydrogen) atoms. The van der Waals surface area contributed by atoms with E-state index in [0.29, 0.717) is 0 Å². The maximum absolute atomic E-state index is 3.26. The van der Waals surface area contributed by atoms with Crippen LogP contribution in [0.25, 0.3) is 0 Å². The molecule has 0 spiro atoms. The molecule has 1 aliphatic rings. The first-order chi connectivity index (χ1) is 3.70. The zero-order valence-electron chi connectivity index (χ0n) is 6.06. The van der Waals surface area contributed by atoms with Crippen LogP contribution in [0.15, 0.2) is 16.7 Å². The van der Waals surface area contributed by atoms with Crippen molar-refractivity contribution in [2.45, 2.75) is 27.2 Å². The quantitative estimate of drug-likeness (QED) is 0.424. The molecule has 0 saturated carbocycles. The molecule has 0 saturated heterocycles. The zero-order valence-corrected chi connectivity index (χ0v) is 7.80. The van der Waals surface area contributed by atoms with Gasteiger partial charge in [0.15, 0.2) is 0 Å². The average molecular weight is 208 g/mol. The van der Waals surface area contributed by atoms with E-state index in [1.807, 2.05) is 0 Å². The molecule has 1 heteroatoms. The summed E-state index contributed by atoms with van der Waals surface area (Å²) >= 11 is 0. The van der Waals surface area contributed by atoms with Crippen LogP contribution >= 0.6 is 0 Å². The largest absolute Gasteiger partial charge is 1.00 e. The Morgan fingerprint density at radius 2 is 1.78 bits per heavy atom. The van der Waals surface area contributed by atoms with E-state index in [2.05, 4.69) is 26.8 Å². The molecule has 0 amide bonds. The maximum atomic E-state index is 3.26. The van der Waals surface area contributed by atoms with Crippen molar-refractivity contribution in [2.24, 2.45) is 0 Å². The molecule has 0 N–H and O–H groups in total. The fourth-order valence-corrected chi connectivity index (χ4v) is 1.00. The van der Waals surface area contributed by atoms with Gasteiger partial charge in [0, 0.05) is 0 Å². The molecule has 0 aromatic carbocycles. The summed E-state index contributed by atoms with van der Waals surface area (Å²) < 4.78 is 0. The minimum atomic E-state index is 0. The second-order valence-electron chi connectivity index (χ2n) is 2.49. The van der Waals surface area contributed by atoms with Gasteiger partial charge in [-0.3, -0.25) is 0 Å². The smallest absolute Gasteiger partial charge is 0.250 e. The molecule has 1 rings (SSSR count). The van der Waals surface area contributed by atoms with E-state index in [1.165, 1.54) is 16.7 Å². The van der Waals surface area contributed by atoms with E-state index >= 15 is 0 Å². The topological polar surface area (TPSA) is 0 Å². The van der Waals surface area contributed by atoms with E-state index in [-0.39, 0.29) is 19.5 Å². The van der Waals surface area contributed by atoms with E-state index in [9.17, 15) is 0 Å². The summed E-state index contributed by atoms with van der Waals surface area (Å²) in [5, 5.41) is 0. The molecule has 0 unspecified atom stereocenters. The fraction of sp³-hybridized carbons (Fsp3) is 0.500. The van der Waals surface area contributed by atoms with Crippen molar-refractivity contribution in [3.63, 3.8) is 0 Å². The van der Waals surface area contributed by atoms with Gasteiger partial charge in [-0.1, -0.05) is 20.3 Å². The zero-order chi connectivity index (χ0) is 6.15. The Labute approximate surface area is 69.8 Å². The van der Waals surface area contributed by atoms with E-state index in [4.69, 9.17) is 0 Å². The van der Waals surface area contributed by atoms with Crippen LogP contribution in [0.3, 0.4) is 0 Å². The first-order valence-electron chi connectivity index (χ1n) is 2.96. The standard InChI is InChI=1S/C8H11.Ru/c1-6-4-7(2)8(3)5-6;/h4H2,1-3H3;/q-1;+1. The minimum Gasteiger partial charge on any atom is -0.250 e. The molecule has 0 nitrogen and oxygen atoms in total. The maximum Gasteiger partial charge on any atom is 1.00 e. The van der Waals surface area contributed by atoms with Crippen LogP contribution in [0.2, 0.25) is 0 Å². The third kappa shape index (κ3) is 2.06. The summed E-state index contributed by atoms with van der Waals surface area (Å²) in [6.07, 6.45) is 4.41. The first kappa shape index (κ1) is 9.10. The molecule has 1 radical (unpaired) electrons. The molecule has 0 heterocycles. The van der Waals surface area contributed by atoms with Crippen LogP contribution in [0, 0.1) is 6.08 Å². The van der Waals surface area contributed by atoms with Gasteiger partial charge in [0.05, 0.1) is 0 Å². The molecule has 0 fully saturated rings. The van der Waals surface area contributed by atoms with Crippen LogP contribution in [0.1, 0.15) is 27.2 Å². The Morgan fingerprint density at radius 1 is 1.22 bits per heavy atom. The average Bonchev–Trinajstić information content (AvgIpc) is 1.85. The van der Waals surface area contributed by atoms with Gasteiger partial charge in [-0.25, -0.2) is 17.2 Å². The van der Waals surface area contributed by atoms with Gasteiger partial charge in [0.2, 0.25) is 0 Å². The fourth-order valence-electron chi connectivity index (χ4n) is 1.00. The van der Waals surface area contributed by atoms with Crippen molar-refractivity contribution in [2.75, 3.05) is 0 Å². The van der Waals surface area contributed by atoms with Crippen molar-refractivity contribution in [3.05, 3.63) is 22.8 Å². The Morgan fingerprint density at radius 3 is 1.89 bits per heavy atom. The predicted molar refractivity (Wildman–Crippen MR) is 35.4 cm³/mol. The molecule has 0 bridgehead atoms. The van der Waals surface area contributed by atoms with Crippen molar-refractivity contribution in [3.8, 4) is 0 Å². The summed E-state index contributed by atoms with van der Waals surface area (Å²) in [6.45, 7) is 6.41. The molecule has 0 aromatic heterocycles. The van der Waals surface area contributed by atoms with Gasteiger partial charge in [-0.2, -0.15) is 5.57 Å². The predicted octanol–water partition coefficient (Wildman–Crippen LogP) is 2.47. The first-order valence-corrected chi connectivity index (χ1v) is 2.96. The molecule has 0 aliphatic heterocycles. The van der Waals surface area contributed by atoms with Gasteiger partial charge in [0.1, 0.15) is 0 Å². The molecular weight excluding hydrogens is 197 g/mol. The molecule has 1 aliphatic carbocycles. The second kappa shape index (κ2) is 3.32. The van der Waals surface area contributed by atoms with E-state index in [1.54, 1.807) is 0 Å². The number of allylic oxidation sites excluding steroid dienone is 4. The third-order valence-corrected chi connectivity index (χ3v) is 1.57. The van der Waals surface area contributed by atoms with Crippen LogP contribution in [-0.2, 0) is 19.5 Å². The minimum absolute atomic E-state index is 0. The Bertz CT molecular complexity index is 163. The van der Waals surface area contributed by atoms with Gasteiger partial charge in [-0.15, -0.1) is 6.92 Å².